The topological polar surface area (TPSA) is 24.9 Å². The second-order valence-corrected chi connectivity index (χ2v) is 9.46. The molecule has 2 aliphatic rings. The van der Waals surface area contributed by atoms with Gasteiger partial charge in [0.2, 0.25) is 5.88 Å². The zero-order valence-electron chi connectivity index (χ0n) is 21.4. The lowest BCUT2D eigenvalue weighted by atomic mass is 10.0. The molecule has 37 heavy (non-hydrogen) atoms. The molecule has 0 aliphatic carbocycles. The van der Waals surface area contributed by atoms with Gasteiger partial charge >= 0.3 is 0 Å². The largest absolute Gasteiger partial charge is 0.465 e. The molecular formula is C33H30N2O2. The van der Waals surface area contributed by atoms with E-state index in [4.69, 9.17) is 9.47 Å². The zero-order chi connectivity index (χ0) is 25.4. The number of ether oxygens (including phenoxy) is 2. The first-order valence-corrected chi connectivity index (χ1v) is 12.7. The van der Waals surface area contributed by atoms with Gasteiger partial charge in [-0.25, -0.2) is 0 Å². The van der Waals surface area contributed by atoms with Gasteiger partial charge in [0, 0.05) is 20.2 Å². The average Bonchev–Trinajstić information content (AvgIpc) is 3.43. The number of fused-ring (bicyclic) bond motifs is 2. The molecular weight excluding hydrogens is 456 g/mol. The molecule has 0 radical (unpaired) electrons. The van der Waals surface area contributed by atoms with E-state index in [1.807, 2.05) is 12.1 Å². The average molecular weight is 487 g/mol. The third kappa shape index (κ3) is 4.36. The van der Waals surface area contributed by atoms with Crippen LogP contribution >= 0.6 is 0 Å². The molecule has 4 heteroatoms. The first-order chi connectivity index (χ1) is 18.1. The lowest BCUT2D eigenvalue weighted by Gasteiger charge is -2.19. The fraction of sp³-hybridized carbons (Fsp3) is 0.152. The molecule has 2 aliphatic heterocycles. The fourth-order valence-corrected chi connectivity index (χ4v) is 4.91. The molecule has 2 heterocycles. The van der Waals surface area contributed by atoms with Crippen molar-refractivity contribution in [1.82, 2.24) is 0 Å². The molecule has 0 fully saturated rings. The quantitative estimate of drug-likeness (QED) is 0.286. The molecule has 1 atom stereocenters. The van der Waals surface area contributed by atoms with Crippen molar-refractivity contribution in [2.24, 2.45) is 0 Å². The molecule has 0 saturated carbocycles. The Morgan fingerprint density at radius 1 is 0.730 bits per heavy atom. The van der Waals surface area contributed by atoms with Crippen molar-refractivity contribution in [2.45, 2.75) is 19.6 Å². The maximum atomic E-state index is 6.33. The van der Waals surface area contributed by atoms with Crippen LogP contribution in [0.4, 0.5) is 11.4 Å². The van der Waals surface area contributed by atoms with E-state index in [2.05, 4.69) is 128 Å². The van der Waals surface area contributed by atoms with E-state index in [1.54, 1.807) is 0 Å². The summed E-state index contributed by atoms with van der Waals surface area (Å²) in [5.41, 5.74) is 8.08. The second-order valence-electron chi connectivity index (χ2n) is 9.46. The standard InChI is InChI=1S/C33H30N2O2/c1-4-23(19-32-34(2)28-21-26(15-17-30(28)36-32)24-11-7-5-8-12-24)20-33-35(3)29-22-27(16-18-31(29)37-33)25-13-9-6-10-14-25/h5-22,32H,4H2,1-3H3/b23-19+,33-20+. The van der Waals surface area contributed by atoms with E-state index in [1.165, 1.54) is 22.3 Å². The van der Waals surface area contributed by atoms with Crippen molar-refractivity contribution in [3.8, 4) is 33.8 Å². The number of allylic oxidation sites excluding steroid dienone is 2. The van der Waals surface area contributed by atoms with Gasteiger partial charge in [0.05, 0.1) is 11.4 Å². The van der Waals surface area contributed by atoms with Crippen LogP contribution in [0.3, 0.4) is 0 Å². The summed E-state index contributed by atoms with van der Waals surface area (Å²) in [4.78, 5) is 4.31. The van der Waals surface area contributed by atoms with E-state index in [9.17, 15) is 0 Å². The Kier molecular flexibility index (Phi) is 5.93. The summed E-state index contributed by atoms with van der Waals surface area (Å²) in [5, 5.41) is 0. The third-order valence-electron chi connectivity index (χ3n) is 7.12. The summed E-state index contributed by atoms with van der Waals surface area (Å²) < 4.78 is 12.6. The molecule has 4 nitrogen and oxygen atoms in total. The molecule has 0 aromatic heterocycles. The van der Waals surface area contributed by atoms with Gasteiger partial charge in [-0.15, -0.1) is 0 Å². The molecule has 0 spiro atoms. The molecule has 0 saturated heterocycles. The summed E-state index contributed by atoms with van der Waals surface area (Å²) in [6.07, 6.45) is 5.00. The smallest absolute Gasteiger partial charge is 0.200 e. The minimum absolute atomic E-state index is 0.174. The number of hydrogen-bond donors (Lipinski definition) is 0. The lowest BCUT2D eigenvalue weighted by Crippen LogP contribution is -2.29. The van der Waals surface area contributed by atoms with Gasteiger partial charge in [0.15, 0.2) is 12.0 Å². The summed E-state index contributed by atoms with van der Waals surface area (Å²) >= 11 is 0. The van der Waals surface area contributed by atoms with Crippen molar-refractivity contribution in [1.29, 1.82) is 0 Å². The number of hydrogen-bond acceptors (Lipinski definition) is 4. The Balaban J connectivity index is 1.24. The van der Waals surface area contributed by atoms with Crippen molar-refractivity contribution < 1.29 is 9.47 Å². The lowest BCUT2D eigenvalue weighted by molar-refractivity contribution is 0.278. The fourth-order valence-electron chi connectivity index (χ4n) is 4.91. The molecule has 0 bridgehead atoms. The maximum absolute atomic E-state index is 6.33. The molecule has 4 aromatic rings. The van der Waals surface area contributed by atoms with Crippen LogP contribution in [0.5, 0.6) is 11.5 Å². The minimum atomic E-state index is -0.174. The number of likely N-dealkylation sites (N-methyl/N-ethyl adjacent to an activating group) is 1. The second kappa shape index (κ2) is 9.55. The maximum Gasteiger partial charge on any atom is 0.200 e. The van der Waals surface area contributed by atoms with Crippen LogP contribution in [0.25, 0.3) is 22.3 Å². The van der Waals surface area contributed by atoms with E-state index < -0.39 is 0 Å². The van der Waals surface area contributed by atoms with Crippen molar-refractivity contribution in [2.75, 3.05) is 23.9 Å². The third-order valence-corrected chi connectivity index (χ3v) is 7.12. The Morgan fingerprint density at radius 2 is 1.32 bits per heavy atom. The highest BCUT2D eigenvalue weighted by Gasteiger charge is 2.28. The molecule has 184 valence electrons. The summed E-state index contributed by atoms with van der Waals surface area (Å²) in [7, 11) is 4.14. The van der Waals surface area contributed by atoms with E-state index in [0.717, 1.165) is 40.8 Å². The SMILES string of the molecule is CCC(=C\C1Oc2ccc(-c3ccccc3)cc2N1C)/C=C1/Oc2ccc(-c3ccccc3)cc2N1C. The van der Waals surface area contributed by atoms with Gasteiger partial charge in [0.25, 0.3) is 0 Å². The predicted octanol–water partition coefficient (Wildman–Crippen LogP) is 7.88. The van der Waals surface area contributed by atoms with Gasteiger partial charge in [-0.3, -0.25) is 0 Å². The summed E-state index contributed by atoms with van der Waals surface area (Å²) in [5.74, 6) is 2.60. The van der Waals surface area contributed by atoms with Gasteiger partial charge in [0.1, 0.15) is 5.75 Å². The number of benzene rings is 4. The first-order valence-electron chi connectivity index (χ1n) is 12.7. The Bertz CT molecular complexity index is 1490. The Labute approximate surface area is 218 Å². The highest BCUT2D eigenvalue weighted by atomic mass is 16.5. The van der Waals surface area contributed by atoms with Crippen LogP contribution in [-0.2, 0) is 0 Å². The molecule has 0 amide bonds. The van der Waals surface area contributed by atoms with Crippen molar-refractivity contribution in [3.05, 3.63) is 121 Å². The van der Waals surface area contributed by atoms with Gasteiger partial charge in [-0.05, 0) is 64.6 Å². The van der Waals surface area contributed by atoms with E-state index in [0.29, 0.717) is 0 Å². The highest BCUT2D eigenvalue weighted by Crippen LogP contribution is 2.42. The summed E-state index contributed by atoms with van der Waals surface area (Å²) in [6, 6.07) is 33.6. The number of nitrogens with zero attached hydrogens (tertiary/aromatic N) is 2. The van der Waals surface area contributed by atoms with Crippen LogP contribution in [0.2, 0.25) is 0 Å². The Morgan fingerprint density at radius 3 is 1.95 bits per heavy atom. The van der Waals surface area contributed by atoms with Crippen LogP contribution in [0, 0.1) is 0 Å². The predicted molar refractivity (Wildman–Crippen MR) is 152 cm³/mol. The molecule has 4 aromatic carbocycles. The molecule has 6 rings (SSSR count). The van der Waals surface area contributed by atoms with Crippen LogP contribution < -0.4 is 19.3 Å². The first kappa shape index (κ1) is 23.0. The van der Waals surface area contributed by atoms with E-state index >= 15 is 0 Å². The highest BCUT2D eigenvalue weighted by molar-refractivity contribution is 5.76. The molecule has 0 N–H and O–H groups in total. The zero-order valence-corrected chi connectivity index (χ0v) is 21.4. The minimum Gasteiger partial charge on any atom is -0.465 e. The van der Waals surface area contributed by atoms with Crippen LogP contribution in [-0.4, -0.2) is 20.3 Å². The van der Waals surface area contributed by atoms with Crippen LogP contribution in [0.1, 0.15) is 13.3 Å². The van der Waals surface area contributed by atoms with Crippen molar-refractivity contribution >= 4 is 11.4 Å². The van der Waals surface area contributed by atoms with Gasteiger partial charge < -0.3 is 19.3 Å². The van der Waals surface area contributed by atoms with E-state index in [-0.39, 0.29) is 6.23 Å². The monoisotopic (exact) mass is 486 g/mol. The van der Waals surface area contributed by atoms with Gasteiger partial charge in [-0.2, -0.15) is 0 Å². The molecule has 1 unspecified atom stereocenters. The normalized spacial score (nSPS) is 17.4. The summed E-state index contributed by atoms with van der Waals surface area (Å²) in [6.45, 7) is 2.16. The van der Waals surface area contributed by atoms with Gasteiger partial charge in [-0.1, -0.05) is 79.7 Å². The van der Waals surface area contributed by atoms with Crippen molar-refractivity contribution in [3.63, 3.8) is 0 Å². The number of anilines is 2. The Hall–Kier alpha value is -4.44. The number of rotatable bonds is 5. The van der Waals surface area contributed by atoms with Crippen LogP contribution in [0.15, 0.2) is 121 Å².